The minimum absolute atomic E-state index is 0.0285. The molecule has 0 bridgehead atoms. The lowest BCUT2D eigenvalue weighted by molar-refractivity contribution is -0.139. The van der Waals surface area contributed by atoms with Crippen LogP contribution in [0.4, 0.5) is 13.2 Å². The molecule has 1 aromatic rings. The van der Waals surface area contributed by atoms with Crippen LogP contribution >= 0.6 is 0 Å². The second-order valence-corrected chi connectivity index (χ2v) is 6.53. The van der Waals surface area contributed by atoms with Gasteiger partial charge in [0.2, 0.25) is 0 Å². The lowest BCUT2D eigenvalue weighted by Crippen LogP contribution is -2.37. The summed E-state index contributed by atoms with van der Waals surface area (Å²) in [5.74, 6) is -1.05. The summed E-state index contributed by atoms with van der Waals surface area (Å²) in [4.78, 5) is 11.2. The number of nitrogens with one attached hydrogen (secondary N) is 1. The maximum atomic E-state index is 12.9. The van der Waals surface area contributed by atoms with Crippen molar-refractivity contribution in [2.45, 2.75) is 52.4 Å². The smallest absolute Gasteiger partial charge is 0.416 e. The number of carbonyl (C=O) groups is 1. The first-order valence-corrected chi connectivity index (χ1v) is 7.12. The lowest BCUT2D eigenvalue weighted by Gasteiger charge is -2.22. The van der Waals surface area contributed by atoms with Crippen LogP contribution in [0.25, 0.3) is 0 Å². The number of rotatable bonds is 6. The van der Waals surface area contributed by atoms with Gasteiger partial charge in [0.1, 0.15) is 6.04 Å². The van der Waals surface area contributed by atoms with Crippen molar-refractivity contribution in [3.8, 4) is 0 Å². The van der Waals surface area contributed by atoms with Crippen molar-refractivity contribution in [3.63, 3.8) is 0 Å². The maximum absolute atomic E-state index is 12.9. The third-order valence-electron chi connectivity index (χ3n) is 3.34. The number of hydrogen-bond acceptors (Lipinski definition) is 2. The van der Waals surface area contributed by atoms with E-state index in [0.717, 1.165) is 6.07 Å². The highest BCUT2D eigenvalue weighted by Crippen LogP contribution is 2.31. The van der Waals surface area contributed by atoms with Crippen molar-refractivity contribution in [1.29, 1.82) is 0 Å². The van der Waals surface area contributed by atoms with Crippen LogP contribution in [-0.4, -0.2) is 17.1 Å². The Morgan fingerprint density at radius 2 is 1.82 bits per heavy atom. The van der Waals surface area contributed by atoms with Crippen molar-refractivity contribution in [1.82, 2.24) is 5.32 Å². The number of halogens is 3. The molecule has 6 heteroatoms. The minimum Gasteiger partial charge on any atom is -0.480 e. The Hall–Kier alpha value is -1.56. The molecule has 0 saturated heterocycles. The van der Waals surface area contributed by atoms with Gasteiger partial charge in [0.05, 0.1) is 5.56 Å². The Morgan fingerprint density at radius 1 is 1.23 bits per heavy atom. The van der Waals surface area contributed by atoms with Crippen molar-refractivity contribution >= 4 is 5.97 Å². The fraction of sp³-hybridized carbons (Fsp3) is 0.562. The Morgan fingerprint density at radius 3 is 2.32 bits per heavy atom. The molecule has 1 rings (SSSR count). The van der Waals surface area contributed by atoms with E-state index in [9.17, 15) is 23.1 Å². The standard InChI is InChI=1S/C16H22F3NO2/c1-15(2,3)9-8-13(14(21)22)20-10-11-6-4-5-7-12(11)16(17,18)19/h4-7,13,20H,8-10H2,1-3H3,(H,21,22). The molecule has 0 spiro atoms. The SMILES string of the molecule is CC(C)(C)CCC(NCc1ccccc1C(F)(F)F)C(=O)O. The Labute approximate surface area is 128 Å². The molecule has 0 aliphatic heterocycles. The van der Waals surface area contributed by atoms with Gasteiger partial charge in [0.15, 0.2) is 0 Å². The monoisotopic (exact) mass is 317 g/mol. The largest absolute Gasteiger partial charge is 0.480 e. The third-order valence-corrected chi connectivity index (χ3v) is 3.34. The first-order valence-electron chi connectivity index (χ1n) is 7.12. The zero-order valence-corrected chi connectivity index (χ0v) is 13.0. The molecule has 2 N–H and O–H groups in total. The molecule has 124 valence electrons. The van der Waals surface area contributed by atoms with Crippen LogP contribution in [0.15, 0.2) is 24.3 Å². The molecule has 1 aromatic carbocycles. The van der Waals surface area contributed by atoms with E-state index in [1.165, 1.54) is 18.2 Å². The predicted molar refractivity (Wildman–Crippen MR) is 78.4 cm³/mol. The molecule has 0 heterocycles. The fourth-order valence-electron chi connectivity index (χ4n) is 2.07. The fourth-order valence-corrected chi connectivity index (χ4v) is 2.07. The molecule has 0 radical (unpaired) electrons. The van der Waals surface area contributed by atoms with Gasteiger partial charge < -0.3 is 10.4 Å². The van der Waals surface area contributed by atoms with E-state index in [0.29, 0.717) is 12.8 Å². The van der Waals surface area contributed by atoms with Crippen molar-refractivity contribution in [2.75, 3.05) is 0 Å². The molecule has 0 aliphatic rings. The average Bonchev–Trinajstić information content (AvgIpc) is 2.36. The molecule has 3 nitrogen and oxygen atoms in total. The summed E-state index contributed by atoms with van der Waals surface area (Å²) in [7, 11) is 0. The van der Waals surface area contributed by atoms with Crippen LogP contribution in [0.5, 0.6) is 0 Å². The van der Waals surface area contributed by atoms with E-state index in [4.69, 9.17) is 0 Å². The molecule has 1 atom stereocenters. The van der Waals surface area contributed by atoms with Crippen LogP contribution in [0, 0.1) is 5.41 Å². The van der Waals surface area contributed by atoms with Gasteiger partial charge in [-0.2, -0.15) is 13.2 Å². The number of benzene rings is 1. The number of carboxylic acid groups (broad SMARTS) is 1. The highest BCUT2D eigenvalue weighted by Gasteiger charge is 2.33. The Balaban J connectivity index is 2.76. The molecule has 0 amide bonds. The maximum Gasteiger partial charge on any atom is 0.416 e. The zero-order valence-electron chi connectivity index (χ0n) is 13.0. The van der Waals surface area contributed by atoms with Gasteiger partial charge in [-0.1, -0.05) is 39.0 Å². The van der Waals surface area contributed by atoms with E-state index >= 15 is 0 Å². The van der Waals surface area contributed by atoms with Gasteiger partial charge in [-0.15, -0.1) is 0 Å². The lowest BCUT2D eigenvalue weighted by atomic mass is 9.88. The molecule has 0 fully saturated rings. The molecular formula is C16H22F3NO2. The molecular weight excluding hydrogens is 295 g/mol. The summed E-state index contributed by atoms with van der Waals surface area (Å²) in [6, 6.07) is 4.33. The zero-order chi connectivity index (χ0) is 17.0. The molecule has 0 aromatic heterocycles. The first kappa shape index (κ1) is 18.5. The van der Waals surface area contributed by atoms with Gasteiger partial charge in [0.25, 0.3) is 0 Å². The van der Waals surface area contributed by atoms with Gasteiger partial charge in [-0.3, -0.25) is 4.79 Å². The van der Waals surface area contributed by atoms with Crippen LogP contribution in [0.2, 0.25) is 0 Å². The molecule has 0 saturated carbocycles. The van der Waals surface area contributed by atoms with Crippen LogP contribution in [0.3, 0.4) is 0 Å². The number of alkyl halides is 3. The Bertz CT molecular complexity index is 507. The predicted octanol–water partition coefficient (Wildman–Crippen LogP) is 4.07. The van der Waals surface area contributed by atoms with Gasteiger partial charge >= 0.3 is 12.1 Å². The van der Waals surface area contributed by atoms with Gasteiger partial charge in [0, 0.05) is 6.54 Å². The molecule has 1 unspecified atom stereocenters. The second kappa shape index (κ2) is 7.13. The van der Waals surface area contributed by atoms with Gasteiger partial charge in [-0.25, -0.2) is 0 Å². The van der Waals surface area contributed by atoms with Gasteiger partial charge in [-0.05, 0) is 29.9 Å². The van der Waals surface area contributed by atoms with Crippen LogP contribution in [-0.2, 0) is 17.5 Å². The second-order valence-electron chi connectivity index (χ2n) is 6.53. The quantitative estimate of drug-likeness (QED) is 0.831. The Kier molecular flexibility index (Phi) is 6.00. The summed E-state index contributed by atoms with van der Waals surface area (Å²) in [6.45, 7) is 5.84. The van der Waals surface area contributed by atoms with Crippen molar-refractivity contribution in [2.24, 2.45) is 5.41 Å². The van der Waals surface area contributed by atoms with E-state index in [2.05, 4.69) is 5.32 Å². The van der Waals surface area contributed by atoms with E-state index in [1.54, 1.807) is 0 Å². The van der Waals surface area contributed by atoms with E-state index in [1.807, 2.05) is 20.8 Å². The topological polar surface area (TPSA) is 49.3 Å². The summed E-state index contributed by atoms with van der Waals surface area (Å²) < 4.78 is 38.7. The number of hydrogen-bond donors (Lipinski definition) is 2. The molecule has 0 aliphatic carbocycles. The summed E-state index contributed by atoms with van der Waals surface area (Å²) in [5.41, 5.74) is -0.710. The highest BCUT2D eigenvalue weighted by molar-refractivity contribution is 5.73. The van der Waals surface area contributed by atoms with Crippen LogP contribution < -0.4 is 5.32 Å². The number of aliphatic carboxylic acids is 1. The van der Waals surface area contributed by atoms with Crippen molar-refractivity contribution < 1.29 is 23.1 Å². The summed E-state index contributed by atoms with van der Waals surface area (Å²) >= 11 is 0. The van der Waals surface area contributed by atoms with E-state index < -0.39 is 23.8 Å². The number of carboxylic acids is 1. The van der Waals surface area contributed by atoms with Crippen molar-refractivity contribution in [3.05, 3.63) is 35.4 Å². The minimum atomic E-state index is -4.44. The summed E-state index contributed by atoms with van der Waals surface area (Å²) in [5, 5.41) is 11.9. The third kappa shape index (κ3) is 6.05. The summed E-state index contributed by atoms with van der Waals surface area (Å²) in [6.07, 6.45) is -3.41. The van der Waals surface area contributed by atoms with E-state index in [-0.39, 0.29) is 17.5 Å². The first-order chi connectivity index (χ1) is 10.0. The average molecular weight is 317 g/mol. The normalized spacial score (nSPS) is 13.9. The molecule has 22 heavy (non-hydrogen) atoms. The van der Waals surface area contributed by atoms with Crippen LogP contribution in [0.1, 0.15) is 44.7 Å². The highest BCUT2D eigenvalue weighted by atomic mass is 19.4.